The minimum Gasteiger partial charge on any atom is -0.394 e. The zero-order valence-electron chi connectivity index (χ0n) is 8.80. The molecule has 4 heteroatoms. The summed E-state index contributed by atoms with van der Waals surface area (Å²) >= 11 is 0. The molecule has 1 unspecified atom stereocenters. The van der Waals surface area contributed by atoms with Crippen LogP contribution in [0.15, 0.2) is 0 Å². The Morgan fingerprint density at radius 3 is 2.38 bits per heavy atom. The van der Waals surface area contributed by atoms with E-state index in [0.29, 0.717) is 13.2 Å². The third-order valence-corrected chi connectivity index (χ3v) is 2.21. The van der Waals surface area contributed by atoms with Gasteiger partial charge in [-0.05, 0) is 6.42 Å². The first-order chi connectivity index (χ1) is 6.24. The van der Waals surface area contributed by atoms with E-state index < -0.39 is 0 Å². The van der Waals surface area contributed by atoms with Crippen LogP contribution < -0.4 is 5.32 Å². The van der Waals surface area contributed by atoms with Crippen molar-refractivity contribution < 1.29 is 14.6 Å². The van der Waals surface area contributed by atoms with Crippen LogP contribution in [0.25, 0.3) is 0 Å². The van der Waals surface area contributed by atoms with Gasteiger partial charge in [-0.1, -0.05) is 6.92 Å². The Bertz CT molecular complexity index is 115. The van der Waals surface area contributed by atoms with Crippen LogP contribution in [-0.4, -0.2) is 51.2 Å². The summed E-state index contributed by atoms with van der Waals surface area (Å²) in [6.45, 7) is 4.00. The molecule has 4 nitrogen and oxygen atoms in total. The number of hydrogen-bond acceptors (Lipinski definition) is 4. The Morgan fingerprint density at radius 1 is 1.31 bits per heavy atom. The van der Waals surface area contributed by atoms with Crippen LogP contribution in [0, 0.1) is 0 Å². The van der Waals surface area contributed by atoms with Crippen molar-refractivity contribution in [1.29, 1.82) is 0 Å². The molecule has 0 heterocycles. The van der Waals surface area contributed by atoms with Crippen molar-refractivity contribution in [3.63, 3.8) is 0 Å². The van der Waals surface area contributed by atoms with Crippen molar-refractivity contribution in [2.45, 2.75) is 18.9 Å². The summed E-state index contributed by atoms with van der Waals surface area (Å²) in [5.74, 6) is 0. The molecular formula is C9H21NO3. The van der Waals surface area contributed by atoms with Crippen molar-refractivity contribution in [2.75, 3.05) is 40.6 Å². The van der Waals surface area contributed by atoms with Crippen LogP contribution in [0.3, 0.4) is 0 Å². The molecule has 80 valence electrons. The maximum absolute atomic E-state index is 9.22. The lowest BCUT2D eigenvalue weighted by Gasteiger charge is -2.31. The molecule has 13 heavy (non-hydrogen) atoms. The minimum absolute atomic E-state index is 0.0844. The molecule has 0 aliphatic heterocycles. The standard InChI is InChI=1S/C9H21NO3/c1-4-9(7-11,8-13-3)10-5-6-12-2/h10-11H,4-8H2,1-3H3. The lowest BCUT2D eigenvalue weighted by molar-refractivity contribution is 0.0542. The van der Waals surface area contributed by atoms with Gasteiger partial charge in [-0.3, -0.25) is 0 Å². The predicted molar refractivity (Wildman–Crippen MR) is 51.9 cm³/mol. The summed E-state index contributed by atoms with van der Waals surface area (Å²) in [4.78, 5) is 0. The van der Waals surface area contributed by atoms with Crippen LogP contribution in [0.5, 0.6) is 0 Å². The van der Waals surface area contributed by atoms with E-state index in [1.807, 2.05) is 6.92 Å². The van der Waals surface area contributed by atoms with Crippen molar-refractivity contribution >= 4 is 0 Å². The summed E-state index contributed by atoms with van der Waals surface area (Å²) in [6.07, 6.45) is 0.834. The summed E-state index contributed by atoms with van der Waals surface area (Å²) in [7, 11) is 3.29. The molecule has 0 aliphatic carbocycles. The van der Waals surface area contributed by atoms with Crippen LogP contribution in [0.2, 0.25) is 0 Å². The van der Waals surface area contributed by atoms with E-state index in [1.165, 1.54) is 0 Å². The average Bonchev–Trinajstić information content (AvgIpc) is 2.17. The molecule has 0 fully saturated rings. The average molecular weight is 191 g/mol. The third-order valence-electron chi connectivity index (χ3n) is 2.21. The number of nitrogens with one attached hydrogen (secondary N) is 1. The smallest absolute Gasteiger partial charge is 0.0666 e. The minimum atomic E-state index is -0.312. The molecule has 0 saturated carbocycles. The number of methoxy groups -OCH3 is 2. The summed E-state index contributed by atoms with van der Waals surface area (Å²) in [5.41, 5.74) is -0.312. The largest absolute Gasteiger partial charge is 0.394 e. The first-order valence-electron chi connectivity index (χ1n) is 4.58. The number of aliphatic hydroxyl groups is 1. The number of rotatable bonds is 8. The Kier molecular flexibility index (Phi) is 7.17. The predicted octanol–water partition coefficient (Wildman–Crippen LogP) is 0.00990. The van der Waals surface area contributed by atoms with E-state index in [0.717, 1.165) is 13.0 Å². The second-order valence-electron chi connectivity index (χ2n) is 3.14. The Labute approximate surface area is 80.2 Å². The molecule has 0 radical (unpaired) electrons. The van der Waals surface area contributed by atoms with Crippen LogP contribution in [0.4, 0.5) is 0 Å². The van der Waals surface area contributed by atoms with Crippen molar-refractivity contribution in [2.24, 2.45) is 0 Å². The highest BCUT2D eigenvalue weighted by Crippen LogP contribution is 2.09. The summed E-state index contributed by atoms with van der Waals surface area (Å²) in [6, 6.07) is 0. The van der Waals surface area contributed by atoms with Crippen LogP contribution in [-0.2, 0) is 9.47 Å². The topological polar surface area (TPSA) is 50.7 Å². The Morgan fingerprint density at radius 2 is 2.00 bits per heavy atom. The summed E-state index contributed by atoms with van der Waals surface area (Å²) in [5, 5.41) is 12.5. The zero-order chi connectivity index (χ0) is 10.2. The molecule has 0 rings (SSSR count). The molecule has 0 aromatic heterocycles. The molecule has 0 spiro atoms. The molecule has 1 atom stereocenters. The number of ether oxygens (including phenoxy) is 2. The van der Waals surface area contributed by atoms with Gasteiger partial charge in [0.15, 0.2) is 0 Å². The fraction of sp³-hybridized carbons (Fsp3) is 1.00. The second-order valence-corrected chi connectivity index (χ2v) is 3.14. The van der Waals surface area contributed by atoms with Gasteiger partial charge in [0.05, 0.1) is 25.4 Å². The van der Waals surface area contributed by atoms with Crippen LogP contribution in [0.1, 0.15) is 13.3 Å². The fourth-order valence-electron chi connectivity index (χ4n) is 1.19. The van der Waals surface area contributed by atoms with Gasteiger partial charge in [-0.25, -0.2) is 0 Å². The molecule has 0 amide bonds. The second kappa shape index (κ2) is 7.26. The molecule has 0 saturated heterocycles. The highest BCUT2D eigenvalue weighted by atomic mass is 16.5. The molecular weight excluding hydrogens is 170 g/mol. The fourth-order valence-corrected chi connectivity index (χ4v) is 1.19. The van der Waals surface area contributed by atoms with E-state index in [-0.39, 0.29) is 12.1 Å². The van der Waals surface area contributed by atoms with Crippen molar-refractivity contribution in [3.05, 3.63) is 0 Å². The first-order valence-corrected chi connectivity index (χ1v) is 4.58. The zero-order valence-corrected chi connectivity index (χ0v) is 8.80. The van der Waals surface area contributed by atoms with Gasteiger partial charge in [0.25, 0.3) is 0 Å². The first kappa shape index (κ1) is 12.8. The van der Waals surface area contributed by atoms with Crippen molar-refractivity contribution in [3.8, 4) is 0 Å². The summed E-state index contributed by atoms with van der Waals surface area (Å²) < 4.78 is 9.98. The van der Waals surface area contributed by atoms with E-state index in [2.05, 4.69) is 5.32 Å². The third kappa shape index (κ3) is 4.57. The maximum Gasteiger partial charge on any atom is 0.0666 e. The number of hydrogen-bond donors (Lipinski definition) is 2. The lowest BCUT2D eigenvalue weighted by Crippen LogP contribution is -2.52. The van der Waals surface area contributed by atoms with E-state index >= 15 is 0 Å². The van der Waals surface area contributed by atoms with Gasteiger partial charge in [0.1, 0.15) is 0 Å². The normalized spacial score (nSPS) is 15.7. The van der Waals surface area contributed by atoms with Crippen molar-refractivity contribution in [1.82, 2.24) is 5.32 Å². The number of aliphatic hydroxyl groups excluding tert-OH is 1. The van der Waals surface area contributed by atoms with Crippen LogP contribution >= 0.6 is 0 Å². The van der Waals surface area contributed by atoms with E-state index in [9.17, 15) is 5.11 Å². The molecule has 2 N–H and O–H groups in total. The quantitative estimate of drug-likeness (QED) is 0.531. The SMILES string of the molecule is CCC(CO)(COC)NCCOC. The van der Waals surface area contributed by atoms with E-state index in [4.69, 9.17) is 9.47 Å². The van der Waals surface area contributed by atoms with Gasteiger partial charge in [0, 0.05) is 20.8 Å². The van der Waals surface area contributed by atoms with E-state index in [1.54, 1.807) is 14.2 Å². The highest BCUT2D eigenvalue weighted by Gasteiger charge is 2.26. The molecule has 0 bridgehead atoms. The van der Waals surface area contributed by atoms with Gasteiger partial charge >= 0.3 is 0 Å². The molecule has 0 aliphatic rings. The lowest BCUT2D eigenvalue weighted by atomic mass is 9.98. The van der Waals surface area contributed by atoms with Gasteiger partial charge in [0.2, 0.25) is 0 Å². The Balaban J connectivity index is 3.89. The maximum atomic E-state index is 9.22. The Hall–Kier alpha value is -0.160. The highest BCUT2D eigenvalue weighted by molar-refractivity contribution is 4.85. The van der Waals surface area contributed by atoms with Gasteiger partial charge < -0.3 is 19.9 Å². The monoisotopic (exact) mass is 191 g/mol. The van der Waals surface area contributed by atoms with Gasteiger partial charge in [-0.2, -0.15) is 0 Å². The molecule has 0 aromatic carbocycles. The van der Waals surface area contributed by atoms with Gasteiger partial charge in [-0.15, -0.1) is 0 Å². The molecule has 0 aromatic rings.